The average Bonchev–Trinajstić information content (AvgIpc) is 3.36. The van der Waals surface area contributed by atoms with Gasteiger partial charge in [-0.15, -0.1) is 0 Å². The molecule has 2 aliphatic heterocycles. The molecule has 3 fully saturated rings. The summed E-state index contributed by atoms with van der Waals surface area (Å²) in [5, 5.41) is 15.2. The molecule has 3 amide bonds. The molecule has 2 saturated heterocycles. The number of benzene rings is 1. The van der Waals surface area contributed by atoms with Gasteiger partial charge in [-0.3, -0.25) is 19.2 Å². The van der Waals surface area contributed by atoms with Crippen molar-refractivity contribution in [2.24, 2.45) is 11.3 Å². The lowest BCUT2D eigenvalue weighted by Crippen LogP contribution is -2.52. The first kappa shape index (κ1) is 25.1. The van der Waals surface area contributed by atoms with Crippen LogP contribution in [-0.4, -0.2) is 83.3 Å². The number of aliphatic hydroxyl groups is 1. The van der Waals surface area contributed by atoms with E-state index in [2.05, 4.69) is 15.6 Å². The first-order valence-electron chi connectivity index (χ1n) is 12.2. The summed E-state index contributed by atoms with van der Waals surface area (Å²) in [5.41, 5.74) is -0.780. The summed E-state index contributed by atoms with van der Waals surface area (Å²) < 4.78 is 34.1. The number of alkyl halides is 2. The van der Waals surface area contributed by atoms with Gasteiger partial charge in [0.25, 0.3) is 11.8 Å². The van der Waals surface area contributed by atoms with Crippen molar-refractivity contribution in [1.82, 2.24) is 20.5 Å². The van der Waals surface area contributed by atoms with E-state index in [4.69, 9.17) is 4.74 Å². The van der Waals surface area contributed by atoms with Crippen molar-refractivity contribution in [2.45, 2.75) is 43.7 Å². The van der Waals surface area contributed by atoms with Gasteiger partial charge in [-0.2, -0.15) is 0 Å². The number of aromatic amines is 1. The molecule has 1 spiro atoms. The van der Waals surface area contributed by atoms with Gasteiger partial charge >= 0.3 is 0 Å². The number of aliphatic hydroxyl groups excluding tert-OH is 1. The molecule has 0 bridgehead atoms. The third-order valence-electron chi connectivity index (χ3n) is 7.83. The average molecular weight is 519 g/mol. The Balaban J connectivity index is 1.40. The normalized spacial score (nSPS) is 26.8. The monoisotopic (exact) mass is 518 g/mol. The molecule has 4 atom stereocenters. The number of rotatable bonds is 8. The van der Waals surface area contributed by atoms with Crippen LogP contribution < -0.4 is 15.4 Å². The number of ether oxygens (including phenoxy) is 1. The Kier molecular flexibility index (Phi) is 6.17. The van der Waals surface area contributed by atoms with E-state index in [9.17, 15) is 33.1 Å². The fourth-order valence-corrected chi connectivity index (χ4v) is 5.58. The van der Waals surface area contributed by atoms with E-state index < -0.39 is 60.0 Å². The van der Waals surface area contributed by atoms with Crippen molar-refractivity contribution in [3.63, 3.8) is 0 Å². The van der Waals surface area contributed by atoms with E-state index in [0.717, 1.165) is 4.90 Å². The van der Waals surface area contributed by atoms with Gasteiger partial charge in [-0.05, 0) is 37.5 Å². The molecule has 1 saturated carbocycles. The molecule has 37 heavy (non-hydrogen) atoms. The molecule has 1 aromatic carbocycles. The van der Waals surface area contributed by atoms with Gasteiger partial charge < -0.3 is 30.4 Å². The van der Waals surface area contributed by atoms with Crippen LogP contribution in [0.5, 0.6) is 5.75 Å². The molecular formula is C25H28F2N4O6. The molecule has 2 aromatic rings. The fraction of sp³-hybridized carbons (Fsp3) is 0.520. The minimum absolute atomic E-state index is 0.0270. The number of hydrogen-bond donors (Lipinski definition) is 4. The lowest BCUT2D eigenvalue weighted by molar-refractivity contribution is -0.132. The quantitative estimate of drug-likeness (QED) is 0.411. The lowest BCUT2D eigenvalue weighted by Gasteiger charge is -2.26. The maximum atomic E-state index is 14.4. The number of Topliss-reactive ketones (excluding diaryl/α,β-unsaturated/α-hetero) is 1. The Bertz CT molecular complexity index is 1280. The SMILES string of the molecule is COc1cccc2[nH]c(C(=O)N3CC4(CC3C(=O)NC(CC3CCNC3=O)C(=O)CO)CC4(F)F)cc12. The van der Waals surface area contributed by atoms with Crippen LogP contribution in [0.25, 0.3) is 10.9 Å². The van der Waals surface area contributed by atoms with Crippen LogP contribution in [0, 0.1) is 11.3 Å². The summed E-state index contributed by atoms with van der Waals surface area (Å²) in [7, 11) is 1.49. The van der Waals surface area contributed by atoms with Gasteiger partial charge in [0.15, 0.2) is 5.78 Å². The Morgan fingerprint density at radius 1 is 1.32 bits per heavy atom. The van der Waals surface area contributed by atoms with Crippen LogP contribution in [-0.2, 0) is 14.4 Å². The third-order valence-corrected chi connectivity index (χ3v) is 7.83. The number of nitrogens with one attached hydrogen (secondary N) is 3. The number of likely N-dealkylation sites (tertiary alicyclic amines) is 1. The lowest BCUT2D eigenvalue weighted by atomic mass is 9.95. The van der Waals surface area contributed by atoms with Gasteiger partial charge in [-0.25, -0.2) is 8.78 Å². The molecule has 4 unspecified atom stereocenters. The molecule has 3 heterocycles. The summed E-state index contributed by atoms with van der Waals surface area (Å²) in [4.78, 5) is 55.4. The summed E-state index contributed by atoms with van der Waals surface area (Å²) in [5.74, 6) is -5.36. The van der Waals surface area contributed by atoms with Crippen molar-refractivity contribution in [3.05, 3.63) is 30.0 Å². The van der Waals surface area contributed by atoms with E-state index in [1.54, 1.807) is 24.3 Å². The number of ketones is 1. The standard InChI is InChI=1S/C25H28F2N4O6/c1-37-20-4-2-3-15-14(20)8-17(29-15)23(36)31-12-24(11-25(24,26)27)9-18(31)22(35)30-16(19(33)10-32)7-13-5-6-28-21(13)34/h2-4,8,13,16,18,29,32H,5-7,9-12H2,1H3,(H,28,34)(H,30,35). The number of halogens is 2. The maximum absolute atomic E-state index is 14.4. The van der Waals surface area contributed by atoms with Crippen LogP contribution in [0.2, 0.25) is 0 Å². The van der Waals surface area contributed by atoms with Gasteiger partial charge in [0.05, 0.1) is 18.6 Å². The van der Waals surface area contributed by atoms with E-state index in [-0.39, 0.29) is 31.0 Å². The topological polar surface area (TPSA) is 141 Å². The minimum Gasteiger partial charge on any atom is -0.496 e. The second-order valence-electron chi connectivity index (χ2n) is 10.1. The Labute approximate surface area is 210 Å². The predicted molar refractivity (Wildman–Crippen MR) is 126 cm³/mol. The zero-order valence-electron chi connectivity index (χ0n) is 20.2. The highest BCUT2D eigenvalue weighted by Gasteiger charge is 2.75. The number of aromatic nitrogens is 1. The molecule has 5 rings (SSSR count). The van der Waals surface area contributed by atoms with Crippen LogP contribution in [0.4, 0.5) is 8.78 Å². The Morgan fingerprint density at radius 3 is 2.70 bits per heavy atom. The molecule has 3 aliphatic rings. The van der Waals surface area contributed by atoms with Gasteiger partial charge in [0.1, 0.15) is 24.1 Å². The van der Waals surface area contributed by atoms with Crippen LogP contribution >= 0.6 is 0 Å². The first-order chi connectivity index (χ1) is 17.6. The van der Waals surface area contributed by atoms with Gasteiger partial charge in [0.2, 0.25) is 11.8 Å². The largest absolute Gasteiger partial charge is 0.496 e. The van der Waals surface area contributed by atoms with E-state index in [1.165, 1.54) is 7.11 Å². The Hall–Kier alpha value is -3.54. The number of methoxy groups -OCH3 is 1. The third kappa shape index (κ3) is 4.32. The number of carbonyl (C=O) groups is 4. The van der Waals surface area contributed by atoms with Crippen LogP contribution in [0.15, 0.2) is 24.3 Å². The molecule has 12 heteroatoms. The van der Waals surface area contributed by atoms with Crippen molar-refractivity contribution in [3.8, 4) is 5.75 Å². The highest BCUT2D eigenvalue weighted by molar-refractivity contribution is 6.02. The number of hydrogen-bond acceptors (Lipinski definition) is 6. The summed E-state index contributed by atoms with van der Waals surface area (Å²) in [6, 6.07) is 4.32. The molecule has 1 aromatic heterocycles. The van der Waals surface area contributed by atoms with E-state index in [1.807, 2.05) is 0 Å². The summed E-state index contributed by atoms with van der Waals surface area (Å²) in [6.07, 6.45) is -0.252. The highest BCUT2D eigenvalue weighted by Crippen LogP contribution is 2.66. The fourth-order valence-electron chi connectivity index (χ4n) is 5.58. The number of fused-ring (bicyclic) bond motifs is 1. The molecule has 4 N–H and O–H groups in total. The van der Waals surface area contributed by atoms with Crippen molar-refractivity contribution in [1.29, 1.82) is 0 Å². The van der Waals surface area contributed by atoms with Crippen LogP contribution in [0.3, 0.4) is 0 Å². The molecule has 0 radical (unpaired) electrons. The molecule has 10 nitrogen and oxygen atoms in total. The zero-order chi connectivity index (χ0) is 26.5. The predicted octanol–water partition coefficient (Wildman–Crippen LogP) is 0.989. The summed E-state index contributed by atoms with van der Waals surface area (Å²) in [6.45, 7) is -0.728. The van der Waals surface area contributed by atoms with Gasteiger partial charge in [0, 0.05) is 36.3 Å². The van der Waals surface area contributed by atoms with Crippen molar-refractivity contribution in [2.75, 3.05) is 26.8 Å². The first-order valence-corrected chi connectivity index (χ1v) is 12.2. The van der Waals surface area contributed by atoms with E-state index >= 15 is 0 Å². The number of H-pyrrole nitrogens is 1. The van der Waals surface area contributed by atoms with Crippen LogP contribution in [0.1, 0.15) is 36.2 Å². The molecule has 198 valence electrons. The van der Waals surface area contributed by atoms with E-state index in [0.29, 0.717) is 29.6 Å². The van der Waals surface area contributed by atoms with Gasteiger partial charge in [-0.1, -0.05) is 6.07 Å². The van der Waals surface area contributed by atoms with Crippen molar-refractivity contribution < 1.29 is 37.8 Å². The van der Waals surface area contributed by atoms with Crippen molar-refractivity contribution >= 4 is 34.4 Å². The number of amides is 3. The molecule has 1 aliphatic carbocycles. The Morgan fingerprint density at radius 2 is 2.08 bits per heavy atom. The smallest absolute Gasteiger partial charge is 0.271 e. The minimum atomic E-state index is -3.01. The zero-order valence-corrected chi connectivity index (χ0v) is 20.2. The second-order valence-corrected chi connectivity index (χ2v) is 10.1. The maximum Gasteiger partial charge on any atom is 0.271 e. The molecular weight excluding hydrogens is 490 g/mol. The number of nitrogens with zero attached hydrogens (tertiary/aromatic N) is 1. The highest BCUT2D eigenvalue weighted by atomic mass is 19.3. The summed E-state index contributed by atoms with van der Waals surface area (Å²) >= 11 is 0. The number of carbonyl (C=O) groups excluding carboxylic acids is 4. The second kappa shape index (κ2) is 9.09.